The molecule has 3 heteroatoms. The fourth-order valence-corrected chi connectivity index (χ4v) is 1.05. The maximum atomic E-state index is 10.8. The quantitative estimate of drug-likeness (QED) is 0.491. The van der Waals surface area contributed by atoms with E-state index in [9.17, 15) is 4.79 Å². The molecule has 0 N–H and O–H groups in total. The zero-order chi connectivity index (χ0) is 8.65. The van der Waals surface area contributed by atoms with Gasteiger partial charge in [0.25, 0.3) is 0 Å². The molecule has 0 aromatic rings. The molecule has 1 aliphatic heterocycles. The van der Waals surface area contributed by atoms with Crippen molar-refractivity contribution in [2.24, 2.45) is 0 Å². The Morgan fingerprint density at radius 1 is 1.55 bits per heavy atom. The van der Waals surface area contributed by atoms with Gasteiger partial charge in [0.15, 0.2) is 5.88 Å². The van der Waals surface area contributed by atoms with Gasteiger partial charge in [0.2, 0.25) is 0 Å². The predicted octanol–water partition coefficient (Wildman–Crippen LogP) is 1.11. The van der Waals surface area contributed by atoms with Crippen molar-refractivity contribution in [1.82, 2.24) is 4.90 Å². The van der Waals surface area contributed by atoms with Crippen molar-refractivity contribution in [1.29, 1.82) is 0 Å². The summed E-state index contributed by atoms with van der Waals surface area (Å²) < 4.78 is 4.79. The number of carbonyl (C=O) groups is 1. The molecule has 3 nitrogen and oxygen atoms in total. The molecule has 1 rings (SSSR count). The Labute approximate surface area is 66.6 Å². The van der Waals surface area contributed by atoms with Crippen LogP contribution >= 0.6 is 0 Å². The summed E-state index contributed by atoms with van der Waals surface area (Å²) in [6, 6.07) is 0. The lowest BCUT2D eigenvalue weighted by Gasteiger charge is -2.30. The van der Waals surface area contributed by atoms with E-state index < -0.39 is 0 Å². The van der Waals surface area contributed by atoms with Crippen molar-refractivity contribution in [2.45, 2.75) is 26.3 Å². The summed E-state index contributed by atoms with van der Waals surface area (Å²) in [6.07, 6.45) is 0. The van der Waals surface area contributed by atoms with Crippen LogP contribution in [-0.2, 0) is 9.53 Å². The molecule has 0 aromatic heterocycles. The number of cyclic esters (lactones) is 1. The number of nitrogens with zero attached hydrogens (tertiary/aromatic N) is 1. The first-order chi connectivity index (χ1) is 4.91. The van der Waals surface area contributed by atoms with E-state index in [1.165, 1.54) is 0 Å². The molecule has 62 valence electrons. The lowest BCUT2D eigenvalue weighted by Crippen LogP contribution is -2.38. The molecule has 0 unspecified atom stereocenters. The second-order valence-corrected chi connectivity index (χ2v) is 3.62. The van der Waals surface area contributed by atoms with Crippen molar-refractivity contribution in [2.75, 3.05) is 6.54 Å². The summed E-state index contributed by atoms with van der Waals surface area (Å²) in [4.78, 5) is 12.6. The van der Waals surface area contributed by atoms with Crippen LogP contribution in [-0.4, -0.2) is 23.0 Å². The number of carbonyl (C=O) groups excluding carboxylic acids is 1. The van der Waals surface area contributed by atoms with Crippen molar-refractivity contribution in [3.8, 4) is 0 Å². The number of hydrogen-bond donors (Lipinski definition) is 0. The van der Waals surface area contributed by atoms with Crippen molar-refractivity contribution in [3.05, 3.63) is 12.5 Å². The van der Waals surface area contributed by atoms with Gasteiger partial charge in [0, 0.05) is 5.54 Å². The van der Waals surface area contributed by atoms with Crippen molar-refractivity contribution in [3.63, 3.8) is 0 Å². The Kier molecular flexibility index (Phi) is 1.66. The van der Waals surface area contributed by atoms with E-state index in [4.69, 9.17) is 4.74 Å². The smallest absolute Gasteiger partial charge is 0.332 e. The number of esters is 1. The Balaban J connectivity index is 2.76. The molecule has 11 heavy (non-hydrogen) atoms. The van der Waals surface area contributed by atoms with Gasteiger partial charge in [-0.3, -0.25) is 0 Å². The van der Waals surface area contributed by atoms with Gasteiger partial charge in [-0.15, -0.1) is 0 Å². The van der Waals surface area contributed by atoms with E-state index in [1.807, 2.05) is 25.7 Å². The van der Waals surface area contributed by atoms with Crippen LogP contribution < -0.4 is 0 Å². The first-order valence-electron chi connectivity index (χ1n) is 3.58. The molecule has 0 aliphatic carbocycles. The minimum Gasteiger partial charge on any atom is -0.409 e. The topological polar surface area (TPSA) is 29.5 Å². The second kappa shape index (κ2) is 2.26. The molecule has 1 aliphatic rings. The highest BCUT2D eigenvalue weighted by molar-refractivity contribution is 5.75. The SMILES string of the molecule is C=C1OC(=O)CN1C(C)(C)C. The van der Waals surface area contributed by atoms with E-state index in [2.05, 4.69) is 6.58 Å². The average molecular weight is 155 g/mol. The van der Waals surface area contributed by atoms with Crippen LogP contribution in [0, 0.1) is 0 Å². The molecule has 1 saturated heterocycles. The van der Waals surface area contributed by atoms with Gasteiger partial charge in [-0.2, -0.15) is 0 Å². The Morgan fingerprint density at radius 2 is 2.09 bits per heavy atom. The second-order valence-electron chi connectivity index (χ2n) is 3.62. The van der Waals surface area contributed by atoms with E-state index in [0.717, 1.165) is 0 Å². The minimum atomic E-state index is -0.218. The van der Waals surface area contributed by atoms with E-state index >= 15 is 0 Å². The van der Waals surface area contributed by atoms with Crippen LogP contribution in [0.2, 0.25) is 0 Å². The van der Waals surface area contributed by atoms with Crippen LogP contribution in [0.15, 0.2) is 12.5 Å². The van der Waals surface area contributed by atoms with Crippen LogP contribution in [0.5, 0.6) is 0 Å². The van der Waals surface area contributed by atoms with Crippen LogP contribution in [0.1, 0.15) is 20.8 Å². The zero-order valence-corrected chi connectivity index (χ0v) is 7.18. The number of rotatable bonds is 0. The van der Waals surface area contributed by atoms with Crippen LogP contribution in [0.25, 0.3) is 0 Å². The molecule has 0 radical (unpaired) electrons. The van der Waals surface area contributed by atoms with Gasteiger partial charge in [-0.05, 0) is 27.4 Å². The summed E-state index contributed by atoms with van der Waals surface area (Å²) in [5, 5.41) is 0. The first-order valence-corrected chi connectivity index (χ1v) is 3.58. The van der Waals surface area contributed by atoms with Gasteiger partial charge < -0.3 is 9.64 Å². The average Bonchev–Trinajstić information content (AvgIpc) is 2.08. The Morgan fingerprint density at radius 3 is 2.27 bits per heavy atom. The van der Waals surface area contributed by atoms with Gasteiger partial charge in [-0.25, -0.2) is 4.79 Å². The molecular formula is C8H13NO2. The summed E-state index contributed by atoms with van der Waals surface area (Å²) in [6.45, 7) is 10.00. The lowest BCUT2D eigenvalue weighted by molar-refractivity contribution is -0.134. The molecule has 1 fully saturated rings. The highest BCUT2D eigenvalue weighted by Gasteiger charge is 2.32. The molecule has 0 spiro atoms. The molecule has 1 heterocycles. The maximum Gasteiger partial charge on any atom is 0.332 e. The molecule has 0 saturated carbocycles. The fourth-order valence-electron chi connectivity index (χ4n) is 1.05. The minimum absolute atomic E-state index is 0.0801. The normalized spacial score (nSPS) is 19.0. The van der Waals surface area contributed by atoms with Crippen molar-refractivity contribution < 1.29 is 9.53 Å². The third kappa shape index (κ3) is 1.53. The Hall–Kier alpha value is -0.990. The van der Waals surface area contributed by atoms with Crippen molar-refractivity contribution >= 4 is 5.97 Å². The predicted molar refractivity (Wildman–Crippen MR) is 41.7 cm³/mol. The molecule has 0 bridgehead atoms. The third-order valence-electron chi connectivity index (χ3n) is 1.63. The number of ether oxygens (including phenoxy) is 1. The van der Waals surface area contributed by atoms with Gasteiger partial charge >= 0.3 is 5.97 Å². The van der Waals surface area contributed by atoms with Gasteiger partial charge in [0.05, 0.1) is 0 Å². The molecule has 0 atom stereocenters. The fraction of sp³-hybridized carbons (Fsp3) is 0.625. The zero-order valence-electron chi connectivity index (χ0n) is 7.18. The highest BCUT2D eigenvalue weighted by Crippen LogP contribution is 2.23. The lowest BCUT2D eigenvalue weighted by atomic mass is 10.1. The van der Waals surface area contributed by atoms with E-state index in [1.54, 1.807) is 0 Å². The largest absolute Gasteiger partial charge is 0.409 e. The van der Waals surface area contributed by atoms with Gasteiger partial charge in [0.1, 0.15) is 6.54 Å². The summed E-state index contributed by atoms with van der Waals surface area (Å²) in [7, 11) is 0. The first kappa shape index (κ1) is 8.11. The summed E-state index contributed by atoms with van der Waals surface area (Å²) in [5.41, 5.74) is -0.0801. The highest BCUT2D eigenvalue weighted by atomic mass is 16.6. The third-order valence-corrected chi connectivity index (χ3v) is 1.63. The molecular weight excluding hydrogens is 142 g/mol. The summed E-state index contributed by atoms with van der Waals surface area (Å²) >= 11 is 0. The monoisotopic (exact) mass is 155 g/mol. The standard InChI is InChI=1S/C8H13NO2/c1-6-9(8(2,3)4)5-7(10)11-6/h1,5H2,2-4H3. The maximum absolute atomic E-state index is 10.8. The van der Waals surface area contributed by atoms with Crippen LogP contribution in [0.4, 0.5) is 0 Å². The summed E-state index contributed by atoms with van der Waals surface area (Å²) in [5.74, 6) is 0.243. The van der Waals surface area contributed by atoms with E-state index in [-0.39, 0.29) is 11.5 Å². The number of hydrogen-bond acceptors (Lipinski definition) is 3. The Bertz CT molecular complexity index is 203. The molecule has 0 amide bonds. The van der Waals surface area contributed by atoms with E-state index in [0.29, 0.717) is 12.4 Å². The molecule has 0 aromatic carbocycles. The van der Waals surface area contributed by atoms with Crippen LogP contribution in [0.3, 0.4) is 0 Å². The van der Waals surface area contributed by atoms with Gasteiger partial charge in [-0.1, -0.05) is 0 Å².